The highest BCUT2D eigenvalue weighted by atomic mass is 32.2. The predicted molar refractivity (Wildman–Crippen MR) is 106 cm³/mol. The second-order valence-corrected chi connectivity index (χ2v) is 10.5. The number of aromatic nitrogens is 2. The third-order valence-corrected chi connectivity index (χ3v) is 7.79. The molecular formula is C21H29N3O2S. The average Bonchev–Trinajstić information content (AvgIpc) is 3.31. The number of hydrogen-bond donors (Lipinski definition) is 0. The zero-order valence-electron chi connectivity index (χ0n) is 16.2. The minimum atomic E-state index is -3.40. The van der Waals surface area contributed by atoms with Gasteiger partial charge in [0.15, 0.2) is 0 Å². The third kappa shape index (κ3) is 3.97. The summed E-state index contributed by atoms with van der Waals surface area (Å²) < 4.78 is 27.8. The van der Waals surface area contributed by atoms with Crippen LogP contribution < -0.4 is 0 Å². The Kier molecular flexibility index (Phi) is 5.12. The van der Waals surface area contributed by atoms with Gasteiger partial charge in [-0.1, -0.05) is 44.2 Å². The number of piperidine rings is 1. The van der Waals surface area contributed by atoms with Crippen LogP contribution in [0, 0.1) is 11.8 Å². The Balaban J connectivity index is 1.66. The van der Waals surface area contributed by atoms with Crippen LogP contribution in [-0.2, 0) is 22.9 Å². The summed E-state index contributed by atoms with van der Waals surface area (Å²) in [5.41, 5.74) is 2.11. The Morgan fingerprint density at radius 1 is 1.15 bits per heavy atom. The van der Waals surface area contributed by atoms with Crippen molar-refractivity contribution in [3.63, 3.8) is 0 Å². The van der Waals surface area contributed by atoms with Crippen molar-refractivity contribution in [3.05, 3.63) is 47.8 Å². The van der Waals surface area contributed by atoms with E-state index in [4.69, 9.17) is 0 Å². The number of nitrogens with zero attached hydrogens (tertiary/aromatic N) is 3. The second-order valence-electron chi connectivity index (χ2n) is 8.54. The lowest BCUT2D eigenvalue weighted by molar-refractivity contribution is 0.200. The van der Waals surface area contributed by atoms with Gasteiger partial charge in [0.25, 0.3) is 0 Å². The van der Waals surface area contributed by atoms with Crippen LogP contribution >= 0.6 is 0 Å². The predicted octanol–water partition coefficient (Wildman–Crippen LogP) is 3.35. The number of likely N-dealkylation sites (tertiary alicyclic amines) is 1. The molecule has 1 aliphatic heterocycles. The summed E-state index contributed by atoms with van der Waals surface area (Å²) in [4.78, 5) is 6.91. The molecule has 27 heavy (non-hydrogen) atoms. The lowest BCUT2D eigenvalue weighted by atomic mass is 10.1. The molecule has 0 N–H and O–H groups in total. The SMILES string of the molecule is CC(C)CS(=O)(=O)c1ncc(CN2C[C@H]3CC[C@H]2C3)n1Cc1ccccc1. The molecule has 2 aromatic rings. The van der Waals surface area contributed by atoms with Crippen molar-refractivity contribution in [1.29, 1.82) is 0 Å². The van der Waals surface area contributed by atoms with Crippen LogP contribution in [0.5, 0.6) is 0 Å². The largest absolute Gasteiger partial charge is 0.313 e. The fraction of sp³-hybridized carbons (Fsp3) is 0.571. The minimum Gasteiger partial charge on any atom is -0.313 e. The molecule has 1 saturated heterocycles. The Hall–Kier alpha value is -1.66. The highest BCUT2D eigenvalue weighted by molar-refractivity contribution is 7.91. The number of hydrogen-bond acceptors (Lipinski definition) is 4. The lowest BCUT2D eigenvalue weighted by Crippen LogP contribution is -2.32. The van der Waals surface area contributed by atoms with E-state index in [2.05, 4.69) is 9.88 Å². The molecule has 4 rings (SSSR count). The maximum atomic E-state index is 12.9. The Labute approximate surface area is 162 Å². The molecule has 1 aromatic heterocycles. The standard InChI is InChI=1S/C21H29N3O2S/c1-16(2)15-27(25,26)21-22-11-20(14-23-12-18-8-9-19(23)10-18)24(21)13-17-6-4-3-5-7-17/h3-7,11,16,18-19H,8-10,12-15H2,1-2H3/t18-,19-/m0/s1. The van der Waals surface area contributed by atoms with Crippen molar-refractivity contribution in [2.45, 2.75) is 57.4 Å². The number of rotatable bonds is 7. The number of benzene rings is 1. The van der Waals surface area contributed by atoms with Crippen molar-refractivity contribution in [3.8, 4) is 0 Å². The van der Waals surface area contributed by atoms with Crippen LogP contribution in [0.2, 0.25) is 0 Å². The molecular weight excluding hydrogens is 358 g/mol. The first-order valence-corrected chi connectivity index (χ1v) is 11.6. The van der Waals surface area contributed by atoms with Gasteiger partial charge in [0, 0.05) is 19.1 Å². The van der Waals surface area contributed by atoms with Gasteiger partial charge in [0.1, 0.15) is 0 Å². The molecule has 1 aliphatic carbocycles. The molecule has 0 unspecified atom stereocenters. The van der Waals surface area contributed by atoms with E-state index in [-0.39, 0.29) is 16.8 Å². The molecule has 2 aliphatic rings. The molecule has 2 atom stereocenters. The van der Waals surface area contributed by atoms with Gasteiger partial charge in [-0.25, -0.2) is 13.4 Å². The number of sulfone groups is 1. The van der Waals surface area contributed by atoms with Crippen molar-refractivity contribution in [2.75, 3.05) is 12.3 Å². The summed E-state index contributed by atoms with van der Waals surface area (Å²) in [5, 5.41) is 0.222. The van der Waals surface area contributed by atoms with Crippen molar-refractivity contribution in [1.82, 2.24) is 14.5 Å². The quantitative estimate of drug-likeness (QED) is 0.731. The second kappa shape index (κ2) is 7.40. The van der Waals surface area contributed by atoms with E-state index in [1.807, 2.05) is 48.7 Å². The summed E-state index contributed by atoms with van der Waals surface area (Å²) in [6.07, 6.45) is 5.70. The van der Waals surface area contributed by atoms with Crippen LogP contribution in [0.3, 0.4) is 0 Å². The highest BCUT2D eigenvalue weighted by Gasteiger charge is 2.38. The Morgan fingerprint density at radius 2 is 1.93 bits per heavy atom. The summed E-state index contributed by atoms with van der Waals surface area (Å²) in [5.74, 6) is 1.03. The monoisotopic (exact) mass is 387 g/mol. The van der Waals surface area contributed by atoms with E-state index in [1.54, 1.807) is 6.20 Å². The van der Waals surface area contributed by atoms with E-state index in [0.29, 0.717) is 12.6 Å². The molecule has 2 bridgehead atoms. The maximum absolute atomic E-state index is 12.9. The van der Waals surface area contributed by atoms with Gasteiger partial charge >= 0.3 is 0 Å². The molecule has 6 heteroatoms. The lowest BCUT2D eigenvalue weighted by Gasteiger charge is -2.27. The zero-order valence-corrected chi connectivity index (χ0v) is 17.0. The first-order valence-electron chi connectivity index (χ1n) is 9.97. The number of fused-ring (bicyclic) bond motifs is 2. The topological polar surface area (TPSA) is 55.2 Å². The van der Waals surface area contributed by atoms with Crippen molar-refractivity contribution >= 4 is 9.84 Å². The molecule has 2 heterocycles. The van der Waals surface area contributed by atoms with Crippen LogP contribution in [0.4, 0.5) is 0 Å². The summed E-state index contributed by atoms with van der Waals surface area (Å²) >= 11 is 0. The first kappa shape index (κ1) is 18.7. The zero-order chi connectivity index (χ0) is 19.0. The fourth-order valence-electron chi connectivity index (χ4n) is 4.64. The van der Waals surface area contributed by atoms with Crippen LogP contribution in [0.1, 0.15) is 44.4 Å². The van der Waals surface area contributed by atoms with Crippen molar-refractivity contribution < 1.29 is 8.42 Å². The fourth-order valence-corrected chi connectivity index (χ4v) is 6.40. The molecule has 1 aromatic carbocycles. The Bertz CT molecular complexity index is 889. The van der Waals surface area contributed by atoms with Gasteiger partial charge in [0.05, 0.1) is 24.2 Å². The average molecular weight is 388 g/mol. The van der Waals surface area contributed by atoms with Crippen LogP contribution in [0.15, 0.2) is 41.7 Å². The Morgan fingerprint density at radius 3 is 2.56 bits per heavy atom. The molecule has 0 radical (unpaired) electrons. The van der Waals surface area contributed by atoms with Gasteiger partial charge in [-0.3, -0.25) is 4.90 Å². The minimum absolute atomic E-state index is 0.0784. The smallest absolute Gasteiger partial charge is 0.228 e. The van der Waals surface area contributed by atoms with Crippen LogP contribution in [-0.4, -0.2) is 41.2 Å². The number of imidazole rings is 1. The van der Waals surface area contributed by atoms with Gasteiger partial charge in [0.2, 0.25) is 15.0 Å². The molecule has 1 saturated carbocycles. The summed E-state index contributed by atoms with van der Waals surface area (Å²) in [7, 11) is -3.40. The van der Waals surface area contributed by atoms with E-state index in [0.717, 1.165) is 30.3 Å². The van der Waals surface area contributed by atoms with Gasteiger partial charge in [-0.2, -0.15) is 0 Å². The summed E-state index contributed by atoms with van der Waals surface area (Å²) in [6.45, 7) is 6.34. The highest BCUT2D eigenvalue weighted by Crippen LogP contribution is 2.38. The molecule has 146 valence electrons. The van der Waals surface area contributed by atoms with E-state index >= 15 is 0 Å². The molecule has 0 amide bonds. The van der Waals surface area contributed by atoms with E-state index in [9.17, 15) is 8.42 Å². The molecule has 5 nitrogen and oxygen atoms in total. The summed E-state index contributed by atoms with van der Waals surface area (Å²) in [6, 6.07) is 10.7. The third-order valence-electron chi connectivity index (χ3n) is 5.80. The molecule has 2 fully saturated rings. The van der Waals surface area contributed by atoms with Gasteiger partial charge in [-0.15, -0.1) is 0 Å². The van der Waals surface area contributed by atoms with Crippen molar-refractivity contribution in [2.24, 2.45) is 11.8 Å². The normalized spacial score (nSPS) is 22.8. The van der Waals surface area contributed by atoms with E-state index in [1.165, 1.54) is 19.3 Å². The maximum Gasteiger partial charge on any atom is 0.228 e. The van der Waals surface area contributed by atoms with Crippen LogP contribution in [0.25, 0.3) is 0 Å². The molecule has 0 spiro atoms. The first-order chi connectivity index (χ1) is 12.9. The van der Waals surface area contributed by atoms with Gasteiger partial charge in [-0.05, 0) is 36.7 Å². The van der Waals surface area contributed by atoms with E-state index < -0.39 is 9.84 Å². The van der Waals surface area contributed by atoms with Gasteiger partial charge < -0.3 is 4.57 Å².